The van der Waals surface area contributed by atoms with Crippen LogP contribution in [0.15, 0.2) is 30.3 Å². The third kappa shape index (κ3) is 6.94. The van der Waals surface area contributed by atoms with Gasteiger partial charge in [0.15, 0.2) is 11.5 Å². The number of benzene rings is 2. The highest BCUT2D eigenvalue weighted by atomic mass is 16.5. The number of likely N-dealkylation sites (N-methyl/N-ethyl adjacent to an activating group) is 1. The molecule has 3 amide bonds. The molecule has 1 aliphatic heterocycles. The van der Waals surface area contributed by atoms with E-state index in [0.717, 1.165) is 29.0 Å². The molecule has 0 fully saturated rings. The van der Waals surface area contributed by atoms with Crippen LogP contribution in [-0.4, -0.2) is 56.4 Å². The van der Waals surface area contributed by atoms with Gasteiger partial charge in [-0.1, -0.05) is 0 Å². The molecule has 0 unspecified atom stereocenters. The minimum atomic E-state index is -0.376. The van der Waals surface area contributed by atoms with Gasteiger partial charge < -0.3 is 34.5 Å². The van der Waals surface area contributed by atoms with Crippen molar-refractivity contribution in [1.29, 1.82) is 0 Å². The van der Waals surface area contributed by atoms with Gasteiger partial charge in [-0.15, -0.1) is 0 Å². The molecule has 0 saturated heterocycles. The van der Waals surface area contributed by atoms with Crippen molar-refractivity contribution in [2.24, 2.45) is 0 Å². The smallest absolute Gasteiger partial charge is 0.317 e. The first-order valence-corrected chi connectivity index (χ1v) is 12.0. The molecule has 2 aromatic carbocycles. The van der Waals surface area contributed by atoms with Crippen LogP contribution in [0.1, 0.15) is 38.8 Å². The zero-order chi connectivity index (χ0) is 25.4. The Labute approximate surface area is 206 Å². The number of ether oxygens (including phenoxy) is 4. The van der Waals surface area contributed by atoms with Crippen molar-refractivity contribution < 1.29 is 28.5 Å². The van der Waals surface area contributed by atoms with Crippen LogP contribution in [0.5, 0.6) is 23.0 Å². The topological polar surface area (TPSA) is 98.4 Å². The minimum absolute atomic E-state index is 0.119. The molecule has 0 aromatic heterocycles. The van der Waals surface area contributed by atoms with E-state index in [2.05, 4.69) is 10.6 Å². The number of carbonyl (C=O) groups is 2. The molecule has 9 nitrogen and oxygen atoms in total. The molecule has 35 heavy (non-hydrogen) atoms. The molecule has 1 heterocycles. The van der Waals surface area contributed by atoms with E-state index in [1.165, 1.54) is 4.90 Å². The third-order valence-corrected chi connectivity index (χ3v) is 5.36. The lowest BCUT2D eigenvalue weighted by molar-refractivity contribution is -0.116. The van der Waals surface area contributed by atoms with E-state index in [9.17, 15) is 9.59 Å². The average molecular weight is 486 g/mol. The molecule has 0 bridgehead atoms. The highest BCUT2D eigenvalue weighted by Crippen LogP contribution is 2.35. The summed E-state index contributed by atoms with van der Waals surface area (Å²) in [7, 11) is 1.57. The fourth-order valence-corrected chi connectivity index (χ4v) is 3.83. The number of rotatable bonds is 11. The Morgan fingerprint density at radius 2 is 1.69 bits per heavy atom. The first-order valence-electron chi connectivity index (χ1n) is 12.0. The van der Waals surface area contributed by atoms with Crippen LogP contribution in [0.2, 0.25) is 0 Å². The summed E-state index contributed by atoms with van der Waals surface area (Å²) in [6, 6.07) is 8.71. The Bertz CT molecular complexity index is 1040. The summed E-state index contributed by atoms with van der Waals surface area (Å²) in [6.07, 6.45) is 0.953. The lowest BCUT2D eigenvalue weighted by atomic mass is 10.1. The van der Waals surface area contributed by atoms with Gasteiger partial charge in [-0.2, -0.15) is 0 Å². The van der Waals surface area contributed by atoms with Crippen LogP contribution in [-0.2, 0) is 17.8 Å². The molecule has 1 atom stereocenters. The average Bonchev–Trinajstić information content (AvgIpc) is 3.18. The Kier molecular flexibility index (Phi) is 9.05. The van der Waals surface area contributed by atoms with Gasteiger partial charge in [0.2, 0.25) is 5.91 Å². The maximum absolute atomic E-state index is 12.6. The summed E-state index contributed by atoms with van der Waals surface area (Å²) >= 11 is 0. The predicted molar refractivity (Wildman–Crippen MR) is 134 cm³/mol. The lowest BCUT2D eigenvalue weighted by Gasteiger charge is -2.19. The molecule has 0 aliphatic carbocycles. The second kappa shape index (κ2) is 12.2. The fraction of sp³-hybridized carbons (Fsp3) is 0.462. The number of hydrogen-bond donors (Lipinski definition) is 2. The van der Waals surface area contributed by atoms with Crippen molar-refractivity contribution in [2.45, 2.75) is 46.8 Å². The molecule has 0 saturated carbocycles. The summed E-state index contributed by atoms with van der Waals surface area (Å²) in [5.41, 5.74) is 2.49. The number of nitrogens with zero attached hydrogens (tertiary/aromatic N) is 1. The Morgan fingerprint density at radius 3 is 2.40 bits per heavy atom. The van der Waals surface area contributed by atoms with E-state index >= 15 is 0 Å². The van der Waals surface area contributed by atoms with E-state index in [4.69, 9.17) is 18.9 Å². The Balaban J connectivity index is 1.57. The quantitative estimate of drug-likeness (QED) is 0.500. The first-order chi connectivity index (χ1) is 16.8. The predicted octanol–water partition coefficient (Wildman–Crippen LogP) is 3.99. The van der Waals surface area contributed by atoms with Crippen LogP contribution in [0.4, 0.5) is 10.5 Å². The van der Waals surface area contributed by atoms with Gasteiger partial charge >= 0.3 is 6.03 Å². The molecule has 2 N–H and O–H groups in total. The van der Waals surface area contributed by atoms with E-state index in [-0.39, 0.29) is 31.1 Å². The first kappa shape index (κ1) is 26.0. The van der Waals surface area contributed by atoms with Crippen molar-refractivity contribution in [3.63, 3.8) is 0 Å². The number of fused-ring (bicyclic) bond motifs is 1. The van der Waals surface area contributed by atoms with Gasteiger partial charge in [0.25, 0.3) is 0 Å². The molecule has 0 spiro atoms. The van der Waals surface area contributed by atoms with Crippen molar-refractivity contribution in [2.75, 3.05) is 38.7 Å². The van der Waals surface area contributed by atoms with E-state index in [1.54, 1.807) is 25.2 Å². The summed E-state index contributed by atoms with van der Waals surface area (Å²) in [4.78, 5) is 26.5. The molecule has 2 aromatic rings. The van der Waals surface area contributed by atoms with Crippen LogP contribution < -0.4 is 29.6 Å². The molecular formula is C26H35N3O6. The Hall–Kier alpha value is -3.62. The van der Waals surface area contributed by atoms with Gasteiger partial charge in [-0.25, -0.2) is 4.79 Å². The molecule has 3 rings (SSSR count). The van der Waals surface area contributed by atoms with E-state index < -0.39 is 0 Å². The number of carbonyl (C=O) groups excluding carboxylic acids is 2. The summed E-state index contributed by atoms with van der Waals surface area (Å²) in [5.74, 6) is 2.38. The van der Waals surface area contributed by atoms with Crippen molar-refractivity contribution in [3.05, 3.63) is 41.5 Å². The Morgan fingerprint density at radius 1 is 1.00 bits per heavy atom. The van der Waals surface area contributed by atoms with Crippen molar-refractivity contribution >= 4 is 17.6 Å². The monoisotopic (exact) mass is 485 g/mol. The normalized spacial score (nSPS) is 13.9. The highest BCUT2D eigenvalue weighted by Gasteiger charge is 2.22. The molecule has 0 radical (unpaired) electrons. The number of hydrogen-bond acceptors (Lipinski definition) is 6. The van der Waals surface area contributed by atoms with Crippen LogP contribution in [0, 0.1) is 0 Å². The van der Waals surface area contributed by atoms with E-state index in [1.807, 2.05) is 39.8 Å². The van der Waals surface area contributed by atoms with Crippen molar-refractivity contribution in [3.8, 4) is 23.0 Å². The summed E-state index contributed by atoms with van der Waals surface area (Å²) in [6.45, 7) is 9.34. The summed E-state index contributed by atoms with van der Waals surface area (Å²) < 4.78 is 22.8. The number of nitrogens with one attached hydrogen (secondary N) is 2. The van der Waals surface area contributed by atoms with Crippen LogP contribution >= 0.6 is 0 Å². The zero-order valence-corrected chi connectivity index (χ0v) is 21.1. The SMILES string of the molecule is CCOc1cc2c(cc1CNC(=O)N(C)CC(=O)Nc1ccc(OCC)c(OCC)c1)O[C@H](C)C2. The van der Waals surface area contributed by atoms with Gasteiger partial charge in [0.1, 0.15) is 24.1 Å². The lowest BCUT2D eigenvalue weighted by Crippen LogP contribution is -2.41. The van der Waals surface area contributed by atoms with Crippen molar-refractivity contribution in [1.82, 2.24) is 10.2 Å². The molecular weight excluding hydrogens is 450 g/mol. The molecule has 9 heteroatoms. The van der Waals surface area contributed by atoms with E-state index in [0.29, 0.717) is 37.0 Å². The number of urea groups is 1. The van der Waals surface area contributed by atoms with Gasteiger partial charge in [-0.3, -0.25) is 4.79 Å². The van der Waals surface area contributed by atoms with Crippen LogP contribution in [0.3, 0.4) is 0 Å². The van der Waals surface area contributed by atoms with Gasteiger partial charge in [0, 0.05) is 42.9 Å². The van der Waals surface area contributed by atoms with Gasteiger partial charge in [-0.05, 0) is 52.0 Å². The molecule has 190 valence electrons. The maximum atomic E-state index is 12.6. The second-order valence-corrected chi connectivity index (χ2v) is 8.22. The standard InChI is InChI=1S/C26H35N3O6/c1-6-32-21-10-9-20(14-24(21)34-8-3)28-25(30)16-29(5)26(31)27-15-19-13-23-18(11-17(4)35-23)12-22(19)33-7-2/h9-10,12-14,17H,6-8,11,15-16H2,1-5H3,(H,27,31)(H,28,30)/t17-/m1/s1. The fourth-order valence-electron chi connectivity index (χ4n) is 3.83. The second-order valence-electron chi connectivity index (χ2n) is 8.22. The molecule has 1 aliphatic rings. The van der Waals surface area contributed by atoms with Gasteiger partial charge in [0.05, 0.1) is 19.8 Å². The number of anilines is 1. The summed E-state index contributed by atoms with van der Waals surface area (Å²) in [5, 5.41) is 5.65. The number of amides is 3. The van der Waals surface area contributed by atoms with Crippen LogP contribution in [0.25, 0.3) is 0 Å². The zero-order valence-electron chi connectivity index (χ0n) is 21.1. The minimum Gasteiger partial charge on any atom is -0.494 e. The third-order valence-electron chi connectivity index (χ3n) is 5.36. The highest BCUT2D eigenvalue weighted by molar-refractivity contribution is 5.94. The maximum Gasteiger partial charge on any atom is 0.317 e. The largest absolute Gasteiger partial charge is 0.494 e.